The van der Waals surface area contributed by atoms with E-state index in [0.717, 1.165) is 10.2 Å². The molecular formula is C14H7Cl2NOS. The van der Waals surface area contributed by atoms with E-state index in [9.17, 15) is 4.79 Å². The summed E-state index contributed by atoms with van der Waals surface area (Å²) in [5.74, 6) is -0.110. The van der Waals surface area contributed by atoms with E-state index in [-0.39, 0.29) is 5.78 Å². The molecule has 0 bridgehead atoms. The van der Waals surface area contributed by atoms with Crippen LogP contribution in [-0.2, 0) is 0 Å². The number of hydrogen-bond donors (Lipinski definition) is 0. The second-order valence-electron chi connectivity index (χ2n) is 3.99. The SMILES string of the molecule is O=C(c1ccc(Cl)c(Cl)c1)c1cnc2ccsc2c1. The van der Waals surface area contributed by atoms with Gasteiger partial charge in [0.2, 0.25) is 0 Å². The highest BCUT2D eigenvalue weighted by Gasteiger charge is 2.12. The molecule has 0 N–H and O–H groups in total. The number of pyridine rings is 1. The predicted octanol–water partition coefficient (Wildman–Crippen LogP) is 4.83. The summed E-state index contributed by atoms with van der Waals surface area (Å²) in [5, 5.41) is 2.76. The topological polar surface area (TPSA) is 30.0 Å². The lowest BCUT2D eigenvalue weighted by Crippen LogP contribution is -2.01. The number of thiophene rings is 1. The van der Waals surface area contributed by atoms with Gasteiger partial charge < -0.3 is 0 Å². The summed E-state index contributed by atoms with van der Waals surface area (Å²) in [6, 6.07) is 8.62. The maximum absolute atomic E-state index is 12.3. The van der Waals surface area contributed by atoms with Crippen molar-refractivity contribution < 1.29 is 4.79 Å². The van der Waals surface area contributed by atoms with Gasteiger partial charge in [0.1, 0.15) is 0 Å². The molecule has 2 nitrogen and oxygen atoms in total. The van der Waals surface area contributed by atoms with Crippen molar-refractivity contribution in [2.75, 3.05) is 0 Å². The highest BCUT2D eigenvalue weighted by atomic mass is 35.5. The van der Waals surface area contributed by atoms with Crippen molar-refractivity contribution in [3.8, 4) is 0 Å². The molecule has 0 radical (unpaired) electrons. The Morgan fingerprint density at radius 1 is 1.05 bits per heavy atom. The third-order valence-electron chi connectivity index (χ3n) is 2.75. The van der Waals surface area contributed by atoms with Crippen LogP contribution in [-0.4, -0.2) is 10.8 Å². The van der Waals surface area contributed by atoms with Crippen molar-refractivity contribution >= 4 is 50.5 Å². The first kappa shape index (κ1) is 12.6. The van der Waals surface area contributed by atoms with Crippen molar-refractivity contribution in [2.45, 2.75) is 0 Å². The lowest BCUT2D eigenvalue weighted by molar-refractivity contribution is 0.103. The zero-order chi connectivity index (χ0) is 13.4. The number of ketones is 1. The Morgan fingerprint density at radius 2 is 1.89 bits per heavy atom. The van der Waals surface area contributed by atoms with Gasteiger partial charge in [0, 0.05) is 17.3 Å². The molecule has 1 aromatic carbocycles. The summed E-state index contributed by atoms with van der Waals surface area (Å²) >= 11 is 13.3. The summed E-state index contributed by atoms with van der Waals surface area (Å²) in [6.07, 6.45) is 1.58. The second kappa shape index (κ2) is 4.93. The molecule has 0 fully saturated rings. The fourth-order valence-electron chi connectivity index (χ4n) is 1.77. The van der Waals surface area contributed by atoms with Crippen LogP contribution in [0, 0.1) is 0 Å². The third-order valence-corrected chi connectivity index (χ3v) is 4.34. The Morgan fingerprint density at radius 3 is 2.68 bits per heavy atom. The number of halogens is 2. The molecule has 94 valence electrons. The number of nitrogens with zero attached hydrogens (tertiary/aromatic N) is 1. The van der Waals surface area contributed by atoms with Gasteiger partial charge in [-0.25, -0.2) is 0 Å². The van der Waals surface area contributed by atoms with Gasteiger partial charge >= 0.3 is 0 Å². The Kier molecular flexibility index (Phi) is 3.27. The smallest absolute Gasteiger partial charge is 0.194 e. The molecular weight excluding hydrogens is 301 g/mol. The van der Waals surface area contributed by atoms with Crippen LogP contribution in [0.4, 0.5) is 0 Å². The van der Waals surface area contributed by atoms with Crippen molar-refractivity contribution in [2.24, 2.45) is 0 Å². The number of hydrogen-bond acceptors (Lipinski definition) is 3. The molecule has 0 atom stereocenters. The molecule has 19 heavy (non-hydrogen) atoms. The Bertz CT molecular complexity index is 782. The first-order valence-corrected chi connectivity index (χ1v) is 7.12. The minimum atomic E-state index is -0.110. The van der Waals surface area contributed by atoms with E-state index in [0.29, 0.717) is 21.2 Å². The van der Waals surface area contributed by atoms with Crippen molar-refractivity contribution in [3.63, 3.8) is 0 Å². The molecule has 3 rings (SSSR count). The Labute approximate surface area is 123 Å². The van der Waals surface area contributed by atoms with Gasteiger partial charge in [-0.3, -0.25) is 9.78 Å². The van der Waals surface area contributed by atoms with Crippen LogP contribution >= 0.6 is 34.5 Å². The summed E-state index contributed by atoms with van der Waals surface area (Å²) in [7, 11) is 0. The largest absolute Gasteiger partial charge is 0.289 e. The average molecular weight is 308 g/mol. The monoisotopic (exact) mass is 307 g/mol. The highest BCUT2D eigenvalue weighted by Crippen LogP contribution is 2.25. The molecule has 2 aromatic heterocycles. The van der Waals surface area contributed by atoms with Crippen LogP contribution in [0.2, 0.25) is 10.0 Å². The maximum Gasteiger partial charge on any atom is 0.194 e. The van der Waals surface area contributed by atoms with Gasteiger partial charge in [0.15, 0.2) is 5.78 Å². The third kappa shape index (κ3) is 2.37. The molecule has 5 heteroatoms. The van der Waals surface area contributed by atoms with Crippen LogP contribution in [0.15, 0.2) is 41.9 Å². The standard InChI is InChI=1S/C14H7Cl2NOS/c15-10-2-1-8(5-11(10)16)14(18)9-6-13-12(17-7-9)3-4-19-13/h1-7H. The molecule has 0 spiro atoms. The van der Waals surface area contributed by atoms with E-state index in [1.165, 1.54) is 0 Å². The Hall–Kier alpha value is -1.42. The molecule has 0 unspecified atom stereocenters. The minimum absolute atomic E-state index is 0.110. The number of fused-ring (bicyclic) bond motifs is 1. The van der Waals surface area contributed by atoms with Crippen LogP contribution in [0.25, 0.3) is 10.2 Å². The summed E-state index contributed by atoms with van der Waals surface area (Å²) < 4.78 is 0.992. The molecule has 0 aliphatic carbocycles. The number of carbonyl (C=O) groups excluding carboxylic acids is 1. The maximum atomic E-state index is 12.3. The van der Waals surface area contributed by atoms with Gasteiger partial charge in [-0.1, -0.05) is 23.2 Å². The lowest BCUT2D eigenvalue weighted by atomic mass is 10.1. The summed E-state index contributed by atoms with van der Waals surface area (Å²) in [5.41, 5.74) is 1.95. The summed E-state index contributed by atoms with van der Waals surface area (Å²) in [4.78, 5) is 16.6. The van der Waals surface area contributed by atoms with Gasteiger partial charge in [-0.2, -0.15) is 0 Å². The zero-order valence-electron chi connectivity index (χ0n) is 9.56. The van der Waals surface area contributed by atoms with Crippen LogP contribution in [0.5, 0.6) is 0 Å². The van der Waals surface area contributed by atoms with E-state index >= 15 is 0 Å². The molecule has 0 aliphatic heterocycles. The molecule has 0 saturated heterocycles. The number of aromatic nitrogens is 1. The van der Waals surface area contributed by atoms with E-state index in [1.54, 1.807) is 35.7 Å². The van der Waals surface area contributed by atoms with E-state index in [2.05, 4.69) is 4.98 Å². The minimum Gasteiger partial charge on any atom is -0.289 e. The number of rotatable bonds is 2. The molecule has 0 aliphatic rings. The predicted molar refractivity (Wildman–Crippen MR) is 79.5 cm³/mol. The van der Waals surface area contributed by atoms with Gasteiger partial charge in [-0.05, 0) is 35.7 Å². The quantitative estimate of drug-likeness (QED) is 0.634. The van der Waals surface area contributed by atoms with Crippen LogP contribution in [0.3, 0.4) is 0 Å². The number of benzene rings is 1. The fourth-order valence-corrected chi connectivity index (χ4v) is 2.85. The Balaban J connectivity index is 2.04. The second-order valence-corrected chi connectivity index (χ2v) is 5.75. The van der Waals surface area contributed by atoms with E-state index in [1.807, 2.05) is 17.5 Å². The normalized spacial score (nSPS) is 10.8. The molecule has 0 saturated carbocycles. The van der Waals surface area contributed by atoms with Crippen LogP contribution < -0.4 is 0 Å². The van der Waals surface area contributed by atoms with Crippen LogP contribution in [0.1, 0.15) is 15.9 Å². The van der Waals surface area contributed by atoms with Crippen molar-refractivity contribution in [3.05, 3.63) is 63.1 Å². The van der Waals surface area contributed by atoms with Gasteiger partial charge in [-0.15, -0.1) is 11.3 Å². The first-order valence-electron chi connectivity index (χ1n) is 5.48. The van der Waals surface area contributed by atoms with E-state index < -0.39 is 0 Å². The lowest BCUT2D eigenvalue weighted by Gasteiger charge is -2.03. The highest BCUT2D eigenvalue weighted by molar-refractivity contribution is 7.17. The fraction of sp³-hybridized carbons (Fsp3) is 0. The molecule has 3 aromatic rings. The van der Waals surface area contributed by atoms with Gasteiger partial charge in [0.25, 0.3) is 0 Å². The van der Waals surface area contributed by atoms with Crippen molar-refractivity contribution in [1.82, 2.24) is 4.98 Å². The van der Waals surface area contributed by atoms with Gasteiger partial charge in [0.05, 0.1) is 20.3 Å². The zero-order valence-corrected chi connectivity index (χ0v) is 11.9. The summed E-state index contributed by atoms with van der Waals surface area (Å²) in [6.45, 7) is 0. The van der Waals surface area contributed by atoms with Crippen molar-refractivity contribution in [1.29, 1.82) is 0 Å². The van der Waals surface area contributed by atoms with E-state index in [4.69, 9.17) is 23.2 Å². The number of carbonyl (C=O) groups is 1. The molecule has 2 heterocycles. The molecule has 0 amide bonds. The average Bonchev–Trinajstić information content (AvgIpc) is 2.88. The first-order chi connectivity index (χ1) is 9.15.